The Bertz CT molecular complexity index is 856. The maximum absolute atomic E-state index is 12.8. The number of esters is 1. The molecule has 0 N–H and O–H groups in total. The molecule has 2 amide bonds. The van der Waals surface area contributed by atoms with Crippen molar-refractivity contribution < 1.29 is 49.9 Å². The number of nitrogens with zero attached hydrogens (tertiary/aromatic N) is 1. The fourth-order valence-corrected chi connectivity index (χ4v) is 2.03. The zero-order valence-corrected chi connectivity index (χ0v) is 12.6. The van der Waals surface area contributed by atoms with E-state index in [0.29, 0.717) is 0 Å². The number of alkyl halides is 6. The van der Waals surface area contributed by atoms with Crippen LogP contribution in [-0.4, -0.2) is 37.2 Å². The summed E-state index contributed by atoms with van der Waals surface area (Å²) in [5.74, 6) is -8.93. The van der Waals surface area contributed by atoms with Crippen molar-refractivity contribution in [2.75, 3.05) is 12.0 Å². The third-order valence-corrected chi connectivity index (χ3v) is 3.05. The highest BCUT2D eigenvalue weighted by Gasteiger charge is 2.54. The molecule has 2 rings (SSSR count). The molecule has 1 aromatic carbocycles. The van der Waals surface area contributed by atoms with Crippen molar-refractivity contribution >= 4 is 34.4 Å². The average molecular weight is 383 g/mol. The number of anilines is 1. The quantitative estimate of drug-likeness (QED) is 0.588. The minimum absolute atomic E-state index is 0.335. The third kappa shape index (κ3) is 3.34. The summed E-state index contributed by atoms with van der Waals surface area (Å²) < 4.78 is 85.9. The zero-order valence-electron chi connectivity index (χ0n) is 12.6. The van der Waals surface area contributed by atoms with E-state index in [-0.39, 0.29) is 5.58 Å². The van der Waals surface area contributed by atoms with Gasteiger partial charge in [0.25, 0.3) is 0 Å². The Morgan fingerprint density at radius 1 is 0.962 bits per heavy atom. The van der Waals surface area contributed by atoms with E-state index < -0.39 is 51.9 Å². The summed E-state index contributed by atoms with van der Waals surface area (Å²) in [4.78, 5) is 33.6. The van der Waals surface area contributed by atoms with Crippen LogP contribution in [0.1, 0.15) is 10.6 Å². The van der Waals surface area contributed by atoms with Gasteiger partial charge in [0.05, 0.1) is 7.11 Å². The summed E-state index contributed by atoms with van der Waals surface area (Å²) in [7, 11) is 0.779. The van der Waals surface area contributed by atoms with Crippen molar-refractivity contribution in [3.05, 3.63) is 30.0 Å². The number of imide groups is 1. The first-order valence-corrected chi connectivity index (χ1v) is 6.52. The van der Waals surface area contributed by atoms with Crippen LogP contribution in [0.15, 0.2) is 28.7 Å². The van der Waals surface area contributed by atoms with Gasteiger partial charge < -0.3 is 9.15 Å². The van der Waals surface area contributed by atoms with Gasteiger partial charge in [-0.25, -0.2) is 9.69 Å². The monoisotopic (exact) mass is 383 g/mol. The number of rotatable bonds is 2. The molecular formula is C14H7F6NO5. The van der Waals surface area contributed by atoms with Gasteiger partial charge in [-0.15, -0.1) is 0 Å². The van der Waals surface area contributed by atoms with E-state index in [4.69, 9.17) is 4.42 Å². The number of hydrogen-bond donors (Lipinski definition) is 0. The Morgan fingerprint density at radius 2 is 1.46 bits per heavy atom. The number of amides is 2. The lowest BCUT2D eigenvalue weighted by molar-refractivity contribution is -0.181. The fourth-order valence-electron chi connectivity index (χ4n) is 2.03. The van der Waals surface area contributed by atoms with E-state index in [1.807, 2.05) is 0 Å². The highest BCUT2D eigenvalue weighted by Crippen LogP contribution is 2.38. The highest BCUT2D eigenvalue weighted by atomic mass is 19.4. The molecule has 26 heavy (non-hydrogen) atoms. The second-order valence-electron chi connectivity index (χ2n) is 4.71. The van der Waals surface area contributed by atoms with E-state index in [1.54, 1.807) is 0 Å². The smallest absolute Gasteiger partial charge is 0.463 e. The molecule has 140 valence electrons. The highest BCUT2D eigenvalue weighted by molar-refractivity contribution is 6.24. The molecule has 0 bridgehead atoms. The van der Waals surface area contributed by atoms with Crippen LogP contribution in [0.3, 0.4) is 0 Å². The molecule has 0 saturated heterocycles. The predicted molar refractivity (Wildman–Crippen MR) is 72.2 cm³/mol. The van der Waals surface area contributed by atoms with Gasteiger partial charge in [0, 0.05) is 5.39 Å². The maximum atomic E-state index is 12.8. The van der Waals surface area contributed by atoms with Crippen LogP contribution in [0.2, 0.25) is 0 Å². The lowest BCUT2D eigenvalue weighted by Crippen LogP contribution is -2.50. The summed E-state index contributed by atoms with van der Waals surface area (Å²) >= 11 is 0. The van der Waals surface area contributed by atoms with E-state index in [9.17, 15) is 40.7 Å². The molecule has 1 aromatic heterocycles. The lowest BCUT2D eigenvalue weighted by Gasteiger charge is -2.22. The van der Waals surface area contributed by atoms with Crippen LogP contribution in [0.4, 0.5) is 32.0 Å². The van der Waals surface area contributed by atoms with Crippen molar-refractivity contribution in [2.24, 2.45) is 0 Å². The number of methoxy groups -OCH3 is 1. The first-order chi connectivity index (χ1) is 11.9. The second-order valence-corrected chi connectivity index (χ2v) is 4.71. The van der Waals surface area contributed by atoms with Gasteiger partial charge in [-0.1, -0.05) is 12.1 Å². The van der Waals surface area contributed by atoms with Crippen LogP contribution in [0.25, 0.3) is 11.0 Å². The largest absolute Gasteiger partial charge is 0.472 e. The topological polar surface area (TPSA) is 76.8 Å². The number of ether oxygens (including phenoxy) is 1. The minimum atomic E-state index is -5.84. The third-order valence-electron chi connectivity index (χ3n) is 3.05. The van der Waals surface area contributed by atoms with Crippen LogP contribution in [0, 0.1) is 0 Å². The summed E-state index contributed by atoms with van der Waals surface area (Å²) in [5.41, 5.74) is -1.64. The van der Waals surface area contributed by atoms with Crippen LogP contribution >= 0.6 is 0 Å². The summed E-state index contributed by atoms with van der Waals surface area (Å²) in [6.45, 7) is 0. The minimum Gasteiger partial charge on any atom is -0.463 e. The number of benzene rings is 1. The SMILES string of the molecule is COC(=O)c1oc2ccccc2c1N(C(=O)C(F)(F)F)C(=O)C(F)(F)F. The molecule has 0 aliphatic carbocycles. The summed E-state index contributed by atoms with van der Waals surface area (Å²) in [5, 5.41) is -0.497. The number of para-hydroxylation sites is 1. The Kier molecular flexibility index (Phi) is 4.71. The van der Waals surface area contributed by atoms with E-state index in [1.165, 1.54) is 12.1 Å². The Balaban J connectivity index is 2.86. The van der Waals surface area contributed by atoms with Gasteiger partial charge >= 0.3 is 30.1 Å². The normalized spacial score (nSPS) is 12.1. The number of hydrogen-bond acceptors (Lipinski definition) is 5. The molecular weight excluding hydrogens is 376 g/mol. The molecule has 0 unspecified atom stereocenters. The molecule has 0 fully saturated rings. The van der Waals surface area contributed by atoms with Gasteiger partial charge in [0.2, 0.25) is 5.76 Å². The van der Waals surface area contributed by atoms with Crippen molar-refractivity contribution in [3.8, 4) is 0 Å². The summed E-state index contributed by atoms with van der Waals surface area (Å²) in [6, 6.07) is 4.58. The number of carbonyl (C=O) groups is 3. The second kappa shape index (κ2) is 6.35. The molecule has 0 radical (unpaired) electrons. The van der Waals surface area contributed by atoms with Crippen molar-refractivity contribution in [3.63, 3.8) is 0 Å². The molecule has 0 aliphatic rings. The molecule has 12 heteroatoms. The van der Waals surface area contributed by atoms with Crippen molar-refractivity contribution in [2.45, 2.75) is 12.4 Å². The van der Waals surface area contributed by atoms with Gasteiger partial charge in [-0.2, -0.15) is 26.3 Å². The van der Waals surface area contributed by atoms with Gasteiger partial charge in [0.15, 0.2) is 0 Å². The molecule has 0 atom stereocenters. The predicted octanol–water partition coefficient (Wildman–Crippen LogP) is 3.20. The van der Waals surface area contributed by atoms with Crippen LogP contribution in [-0.2, 0) is 14.3 Å². The van der Waals surface area contributed by atoms with E-state index in [0.717, 1.165) is 19.2 Å². The molecule has 0 saturated carbocycles. The lowest BCUT2D eigenvalue weighted by atomic mass is 10.2. The first kappa shape index (κ1) is 19.3. The Hall–Kier alpha value is -3.05. The molecule has 0 aliphatic heterocycles. The van der Waals surface area contributed by atoms with Crippen LogP contribution < -0.4 is 4.90 Å². The number of fused-ring (bicyclic) bond motifs is 1. The van der Waals surface area contributed by atoms with Gasteiger partial charge in [-0.05, 0) is 12.1 Å². The van der Waals surface area contributed by atoms with Gasteiger partial charge in [-0.3, -0.25) is 9.59 Å². The van der Waals surface area contributed by atoms with Crippen LogP contribution in [0.5, 0.6) is 0 Å². The molecule has 1 heterocycles. The zero-order chi connectivity index (χ0) is 19.9. The fraction of sp³-hybridized carbons (Fsp3) is 0.214. The summed E-state index contributed by atoms with van der Waals surface area (Å²) in [6.07, 6.45) is -11.7. The number of furan rings is 1. The Morgan fingerprint density at radius 3 is 1.92 bits per heavy atom. The first-order valence-electron chi connectivity index (χ1n) is 6.52. The molecule has 6 nitrogen and oxygen atoms in total. The van der Waals surface area contributed by atoms with Crippen molar-refractivity contribution in [1.29, 1.82) is 0 Å². The molecule has 2 aromatic rings. The van der Waals surface area contributed by atoms with E-state index >= 15 is 0 Å². The number of halogens is 6. The maximum Gasteiger partial charge on any atom is 0.472 e. The van der Waals surface area contributed by atoms with Crippen molar-refractivity contribution in [1.82, 2.24) is 0 Å². The Labute approximate surface area is 139 Å². The average Bonchev–Trinajstić information content (AvgIpc) is 2.92. The number of carbonyl (C=O) groups excluding carboxylic acids is 3. The van der Waals surface area contributed by atoms with E-state index in [2.05, 4.69) is 4.74 Å². The van der Waals surface area contributed by atoms with Gasteiger partial charge in [0.1, 0.15) is 11.3 Å². The molecule has 0 spiro atoms. The standard InChI is InChI=1S/C14H7F6NO5/c1-25-10(22)9-8(6-4-2-3-5-7(6)26-9)21(11(23)13(15,16)17)12(24)14(18,19)20/h2-5H,1H3.